The summed E-state index contributed by atoms with van der Waals surface area (Å²) in [4.78, 5) is 24.1. The Hall–Kier alpha value is -3.93. The van der Waals surface area contributed by atoms with Gasteiger partial charge in [-0.05, 0) is 73.2 Å². The van der Waals surface area contributed by atoms with Crippen molar-refractivity contribution in [3.05, 3.63) is 95.9 Å². The van der Waals surface area contributed by atoms with Crippen molar-refractivity contribution in [1.29, 1.82) is 0 Å². The fourth-order valence-electron chi connectivity index (χ4n) is 4.81. The zero-order valence-corrected chi connectivity index (χ0v) is 19.9. The Labute approximate surface area is 205 Å². The van der Waals surface area contributed by atoms with Gasteiger partial charge in [0.2, 0.25) is 0 Å². The van der Waals surface area contributed by atoms with Crippen molar-refractivity contribution < 1.29 is 14.3 Å². The Morgan fingerprint density at radius 2 is 1.91 bits per heavy atom. The SMILES string of the molecule is COc1cc(C(=O)N2CCC[C@H](Cc3cccc4ncccc34)C2)ccc1OCc1ccccn1. The van der Waals surface area contributed by atoms with Gasteiger partial charge in [-0.15, -0.1) is 0 Å². The van der Waals surface area contributed by atoms with Gasteiger partial charge >= 0.3 is 0 Å². The summed E-state index contributed by atoms with van der Waals surface area (Å²) in [5, 5.41) is 1.20. The van der Waals surface area contributed by atoms with Crippen molar-refractivity contribution in [2.24, 2.45) is 5.92 Å². The highest BCUT2D eigenvalue weighted by Gasteiger charge is 2.26. The maximum Gasteiger partial charge on any atom is 0.254 e. The highest BCUT2D eigenvalue weighted by Crippen LogP contribution is 2.31. The molecule has 0 saturated carbocycles. The smallest absolute Gasteiger partial charge is 0.254 e. The minimum atomic E-state index is 0.0314. The number of ether oxygens (including phenoxy) is 2. The molecule has 1 saturated heterocycles. The van der Waals surface area contributed by atoms with Gasteiger partial charge in [-0.2, -0.15) is 0 Å². The highest BCUT2D eigenvalue weighted by atomic mass is 16.5. The van der Waals surface area contributed by atoms with E-state index in [0.29, 0.717) is 29.6 Å². The molecule has 0 bridgehead atoms. The van der Waals surface area contributed by atoms with Crippen LogP contribution >= 0.6 is 0 Å². The van der Waals surface area contributed by atoms with Gasteiger partial charge in [-0.25, -0.2) is 0 Å². The molecule has 0 radical (unpaired) electrons. The molecule has 0 aliphatic carbocycles. The second-order valence-electron chi connectivity index (χ2n) is 8.93. The number of rotatable bonds is 7. The zero-order chi connectivity index (χ0) is 24.0. The number of fused-ring (bicyclic) bond motifs is 1. The molecule has 5 rings (SSSR count). The Morgan fingerprint density at radius 1 is 1.00 bits per heavy atom. The summed E-state index contributed by atoms with van der Waals surface area (Å²) in [5.41, 5.74) is 3.76. The molecule has 2 aromatic heterocycles. The lowest BCUT2D eigenvalue weighted by molar-refractivity contribution is 0.0673. The van der Waals surface area contributed by atoms with Gasteiger partial charge in [0.05, 0.1) is 18.3 Å². The normalized spacial score (nSPS) is 15.7. The lowest BCUT2D eigenvalue weighted by Gasteiger charge is -2.33. The lowest BCUT2D eigenvalue weighted by Crippen LogP contribution is -2.40. The van der Waals surface area contributed by atoms with Crippen molar-refractivity contribution in [1.82, 2.24) is 14.9 Å². The molecule has 6 heteroatoms. The molecule has 1 atom stereocenters. The van der Waals surface area contributed by atoms with Gasteiger partial charge in [0.15, 0.2) is 11.5 Å². The summed E-state index contributed by atoms with van der Waals surface area (Å²) < 4.78 is 11.4. The zero-order valence-electron chi connectivity index (χ0n) is 19.9. The van der Waals surface area contributed by atoms with E-state index in [-0.39, 0.29) is 5.91 Å². The number of aromatic nitrogens is 2. The monoisotopic (exact) mass is 467 g/mol. The van der Waals surface area contributed by atoms with E-state index in [1.807, 2.05) is 47.5 Å². The number of nitrogens with zero attached hydrogens (tertiary/aromatic N) is 3. The molecular weight excluding hydrogens is 438 g/mol. The van der Waals surface area contributed by atoms with E-state index in [9.17, 15) is 4.79 Å². The van der Waals surface area contributed by atoms with E-state index >= 15 is 0 Å². The minimum absolute atomic E-state index is 0.0314. The molecule has 4 aromatic rings. The Morgan fingerprint density at radius 3 is 2.77 bits per heavy atom. The van der Waals surface area contributed by atoms with Crippen LogP contribution in [0.2, 0.25) is 0 Å². The van der Waals surface area contributed by atoms with Crippen LogP contribution in [0.4, 0.5) is 0 Å². The number of piperidine rings is 1. The number of carbonyl (C=O) groups is 1. The van der Waals surface area contributed by atoms with Gasteiger partial charge in [-0.3, -0.25) is 14.8 Å². The molecule has 35 heavy (non-hydrogen) atoms. The lowest BCUT2D eigenvalue weighted by atomic mass is 9.89. The average Bonchev–Trinajstić information content (AvgIpc) is 2.92. The first kappa shape index (κ1) is 22.8. The molecule has 1 amide bonds. The summed E-state index contributed by atoms with van der Waals surface area (Å²) in [5.74, 6) is 1.59. The van der Waals surface area contributed by atoms with Crippen LogP contribution in [-0.4, -0.2) is 41.0 Å². The van der Waals surface area contributed by atoms with Crippen molar-refractivity contribution in [2.45, 2.75) is 25.9 Å². The fraction of sp³-hybridized carbons (Fsp3) is 0.276. The summed E-state index contributed by atoms with van der Waals surface area (Å²) in [7, 11) is 1.59. The van der Waals surface area contributed by atoms with E-state index in [0.717, 1.165) is 43.6 Å². The quantitative estimate of drug-likeness (QED) is 0.368. The van der Waals surface area contributed by atoms with Gasteiger partial charge in [0.1, 0.15) is 6.61 Å². The van der Waals surface area contributed by atoms with Gasteiger partial charge in [0, 0.05) is 36.4 Å². The topological polar surface area (TPSA) is 64.5 Å². The number of likely N-dealkylation sites (tertiary alicyclic amines) is 1. The van der Waals surface area contributed by atoms with Crippen LogP contribution in [0.5, 0.6) is 11.5 Å². The van der Waals surface area contributed by atoms with E-state index in [1.165, 1.54) is 10.9 Å². The van der Waals surface area contributed by atoms with E-state index in [2.05, 4.69) is 28.2 Å². The summed E-state index contributed by atoms with van der Waals surface area (Å²) in [6, 6.07) is 21.5. The molecule has 1 aliphatic heterocycles. The molecule has 0 spiro atoms. The molecule has 1 aliphatic rings. The van der Waals surface area contributed by atoms with E-state index in [4.69, 9.17) is 9.47 Å². The number of pyridine rings is 2. The second kappa shape index (κ2) is 10.6. The van der Waals surface area contributed by atoms with Crippen molar-refractivity contribution in [2.75, 3.05) is 20.2 Å². The molecular formula is C29H29N3O3. The molecule has 0 unspecified atom stereocenters. The summed E-state index contributed by atoms with van der Waals surface area (Å²) in [6.45, 7) is 1.85. The molecule has 0 N–H and O–H groups in total. The third-order valence-electron chi connectivity index (χ3n) is 6.56. The largest absolute Gasteiger partial charge is 0.493 e. The molecule has 2 aromatic carbocycles. The number of methoxy groups -OCH3 is 1. The first-order valence-electron chi connectivity index (χ1n) is 12.0. The number of hydrogen-bond donors (Lipinski definition) is 0. The van der Waals surface area contributed by atoms with E-state index in [1.54, 1.807) is 25.4 Å². The van der Waals surface area contributed by atoms with Crippen molar-refractivity contribution in [3.8, 4) is 11.5 Å². The first-order chi connectivity index (χ1) is 17.2. The van der Waals surface area contributed by atoms with E-state index < -0.39 is 0 Å². The van der Waals surface area contributed by atoms with Crippen LogP contribution < -0.4 is 9.47 Å². The molecule has 1 fully saturated rings. The summed E-state index contributed by atoms with van der Waals surface area (Å²) >= 11 is 0. The minimum Gasteiger partial charge on any atom is -0.493 e. The third kappa shape index (κ3) is 5.27. The molecule has 178 valence electrons. The van der Waals surface area contributed by atoms with Crippen LogP contribution in [0.15, 0.2) is 79.1 Å². The van der Waals surface area contributed by atoms with Crippen molar-refractivity contribution in [3.63, 3.8) is 0 Å². The first-order valence-corrected chi connectivity index (χ1v) is 12.0. The predicted molar refractivity (Wildman–Crippen MR) is 136 cm³/mol. The van der Waals surface area contributed by atoms with Crippen LogP contribution in [0, 0.1) is 5.92 Å². The standard InChI is InChI=1S/C29H29N3O3/c1-34-28-18-23(12-13-27(28)35-20-24-9-2-3-14-30-24)29(33)32-16-6-7-21(19-32)17-22-8-4-11-26-25(22)10-5-15-31-26/h2-5,8-15,18,21H,6-7,16-17,19-20H2,1H3/t21-/m1/s1. The number of carbonyl (C=O) groups excluding carboxylic acids is 1. The van der Waals surface area contributed by atoms with Crippen LogP contribution in [0.3, 0.4) is 0 Å². The third-order valence-corrected chi connectivity index (χ3v) is 6.56. The van der Waals surface area contributed by atoms with Gasteiger partial charge in [-0.1, -0.05) is 24.3 Å². The maximum atomic E-state index is 13.4. The van der Waals surface area contributed by atoms with Crippen LogP contribution in [0.1, 0.15) is 34.5 Å². The van der Waals surface area contributed by atoms with Gasteiger partial charge < -0.3 is 14.4 Å². The molecule has 6 nitrogen and oxygen atoms in total. The van der Waals surface area contributed by atoms with Crippen molar-refractivity contribution >= 4 is 16.8 Å². The molecule has 3 heterocycles. The average molecular weight is 468 g/mol. The fourth-order valence-corrected chi connectivity index (χ4v) is 4.81. The summed E-state index contributed by atoms with van der Waals surface area (Å²) in [6.07, 6.45) is 6.62. The number of hydrogen-bond acceptors (Lipinski definition) is 5. The number of amides is 1. The number of benzene rings is 2. The second-order valence-corrected chi connectivity index (χ2v) is 8.93. The predicted octanol–water partition coefficient (Wildman–Crippen LogP) is 5.31. The van der Waals surface area contributed by atoms with Crippen LogP contribution in [-0.2, 0) is 13.0 Å². The Balaban J connectivity index is 1.27. The van der Waals surface area contributed by atoms with Crippen LogP contribution in [0.25, 0.3) is 10.9 Å². The maximum absolute atomic E-state index is 13.4. The van der Waals surface area contributed by atoms with Gasteiger partial charge in [0.25, 0.3) is 5.91 Å². The Kier molecular flexibility index (Phi) is 6.89. The highest BCUT2D eigenvalue weighted by molar-refractivity contribution is 5.95. The Bertz CT molecular complexity index is 1300.